The second-order valence-corrected chi connectivity index (χ2v) is 6.41. The zero-order valence-electron chi connectivity index (χ0n) is 14.8. The lowest BCUT2D eigenvalue weighted by Crippen LogP contribution is -2.25. The quantitative estimate of drug-likeness (QED) is 0.518. The molecule has 0 fully saturated rings. The summed E-state index contributed by atoms with van der Waals surface area (Å²) in [6.07, 6.45) is -9.01. The van der Waals surface area contributed by atoms with Gasteiger partial charge in [0.25, 0.3) is 0 Å². The van der Waals surface area contributed by atoms with E-state index in [2.05, 4.69) is 5.10 Å². The number of rotatable bonds is 3. The number of aryl methyl sites for hydroxylation is 1. The smallest absolute Gasteiger partial charge is 0.399 e. The van der Waals surface area contributed by atoms with Gasteiger partial charge in [0.1, 0.15) is 6.33 Å². The number of benzene rings is 2. The van der Waals surface area contributed by atoms with Crippen LogP contribution in [0.4, 0.5) is 32.0 Å². The predicted molar refractivity (Wildman–Crippen MR) is 92.5 cm³/mol. The Labute approximate surface area is 160 Å². The maximum Gasteiger partial charge on any atom is 0.416 e. The number of aromatic nitrogens is 3. The Bertz CT molecular complexity index is 1080. The summed E-state index contributed by atoms with van der Waals surface area (Å²) in [5.74, 6) is 0. The molecule has 3 rings (SSSR count). The van der Waals surface area contributed by atoms with Crippen LogP contribution in [0.25, 0.3) is 5.69 Å². The molecule has 0 aliphatic carbocycles. The van der Waals surface area contributed by atoms with E-state index in [1.54, 1.807) is 25.1 Å². The van der Waals surface area contributed by atoms with E-state index >= 15 is 0 Å². The molecule has 2 N–H and O–H groups in total. The number of halogens is 6. The molecule has 5 nitrogen and oxygen atoms in total. The topological polar surface area (TPSA) is 65.8 Å². The molecule has 0 radical (unpaired) electrons. The molecule has 0 unspecified atom stereocenters. The van der Waals surface area contributed by atoms with Crippen molar-refractivity contribution in [2.24, 2.45) is 0 Å². The third-order valence-electron chi connectivity index (χ3n) is 4.24. The molecule has 3 aromatic rings. The Morgan fingerprint density at radius 1 is 0.966 bits per heavy atom. The zero-order chi connectivity index (χ0) is 21.6. The van der Waals surface area contributed by atoms with Gasteiger partial charge in [0, 0.05) is 5.69 Å². The van der Waals surface area contributed by atoms with Crippen molar-refractivity contribution in [3.8, 4) is 5.69 Å². The van der Waals surface area contributed by atoms with Gasteiger partial charge in [0.2, 0.25) is 0 Å². The number of nitrogens with zero attached hydrogens (tertiary/aromatic N) is 3. The van der Waals surface area contributed by atoms with Gasteiger partial charge in [0.05, 0.1) is 23.4 Å². The van der Waals surface area contributed by atoms with Crippen LogP contribution in [0.2, 0.25) is 0 Å². The second-order valence-electron chi connectivity index (χ2n) is 6.41. The minimum atomic E-state index is -5.02. The maximum atomic E-state index is 13.0. The molecule has 0 aliphatic heterocycles. The van der Waals surface area contributed by atoms with Crippen molar-refractivity contribution in [1.82, 2.24) is 14.3 Å². The number of nitrogens with two attached hydrogens (primary N) is 1. The van der Waals surface area contributed by atoms with Crippen LogP contribution < -0.4 is 11.4 Å². The van der Waals surface area contributed by atoms with Crippen LogP contribution in [0, 0.1) is 6.92 Å². The summed E-state index contributed by atoms with van der Waals surface area (Å²) < 4.78 is 79.7. The molecule has 1 aromatic heterocycles. The average Bonchev–Trinajstić information content (AvgIpc) is 2.97. The first-order valence-corrected chi connectivity index (χ1v) is 8.15. The van der Waals surface area contributed by atoms with Crippen LogP contribution in [0.1, 0.15) is 22.3 Å². The molecular formula is C18H14F6N4O. The lowest BCUT2D eigenvalue weighted by molar-refractivity contribution is -0.143. The lowest BCUT2D eigenvalue weighted by Gasteiger charge is -2.13. The van der Waals surface area contributed by atoms with Crippen molar-refractivity contribution in [3.63, 3.8) is 0 Å². The first-order valence-electron chi connectivity index (χ1n) is 8.15. The van der Waals surface area contributed by atoms with Crippen molar-refractivity contribution in [3.05, 3.63) is 75.5 Å². The molecule has 0 saturated carbocycles. The number of anilines is 1. The standard InChI is InChI=1S/C18H14F6N4O/c1-10-4-11(2-3-15(10)25)8-27-9-26-28(16(27)29)14-6-12(17(19,20)21)5-13(7-14)18(22,23)24/h2-7,9H,8,25H2,1H3. The molecule has 29 heavy (non-hydrogen) atoms. The van der Waals surface area contributed by atoms with Gasteiger partial charge in [-0.15, -0.1) is 0 Å². The van der Waals surface area contributed by atoms with Gasteiger partial charge in [-0.1, -0.05) is 12.1 Å². The van der Waals surface area contributed by atoms with Gasteiger partial charge in [0.15, 0.2) is 0 Å². The van der Waals surface area contributed by atoms with E-state index in [0.29, 0.717) is 28.1 Å². The van der Waals surface area contributed by atoms with E-state index in [4.69, 9.17) is 5.73 Å². The highest BCUT2D eigenvalue weighted by Gasteiger charge is 2.37. The molecule has 0 atom stereocenters. The van der Waals surface area contributed by atoms with Crippen molar-refractivity contribution in [2.75, 3.05) is 5.73 Å². The average molecular weight is 416 g/mol. The number of alkyl halides is 6. The summed E-state index contributed by atoms with van der Waals surface area (Å²) in [6.45, 7) is 1.78. The van der Waals surface area contributed by atoms with Gasteiger partial charge < -0.3 is 5.73 Å². The predicted octanol–water partition coefficient (Wildman–Crippen LogP) is 4.01. The molecule has 0 amide bonds. The lowest BCUT2D eigenvalue weighted by atomic mass is 10.1. The molecule has 11 heteroatoms. The van der Waals surface area contributed by atoms with Crippen LogP contribution in [0.15, 0.2) is 47.5 Å². The molecule has 0 bridgehead atoms. The van der Waals surface area contributed by atoms with Crippen LogP contribution in [-0.2, 0) is 18.9 Å². The first-order chi connectivity index (χ1) is 13.4. The highest BCUT2D eigenvalue weighted by molar-refractivity contribution is 5.47. The molecule has 1 heterocycles. The number of nitrogen functional groups attached to an aromatic ring is 1. The fourth-order valence-electron chi connectivity index (χ4n) is 2.71. The maximum absolute atomic E-state index is 13.0. The molecular weight excluding hydrogens is 402 g/mol. The highest BCUT2D eigenvalue weighted by Crippen LogP contribution is 2.36. The largest absolute Gasteiger partial charge is 0.416 e. The van der Waals surface area contributed by atoms with Crippen LogP contribution in [0.5, 0.6) is 0 Å². The first kappa shape index (κ1) is 20.5. The second kappa shape index (κ2) is 6.98. The third-order valence-corrected chi connectivity index (χ3v) is 4.24. The molecule has 154 valence electrons. The minimum absolute atomic E-state index is 0.0112. The number of hydrogen-bond donors (Lipinski definition) is 1. The van der Waals surface area contributed by atoms with Gasteiger partial charge >= 0.3 is 18.0 Å². The SMILES string of the molecule is Cc1cc(Cn2cnn(-c3cc(C(F)(F)F)cc(C(F)(F)F)c3)c2=O)ccc1N. The van der Waals surface area contributed by atoms with Gasteiger partial charge in [-0.2, -0.15) is 36.1 Å². The summed E-state index contributed by atoms with van der Waals surface area (Å²) in [7, 11) is 0. The van der Waals surface area contributed by atoms with E-state index in [1.165, 1.54) is 0 Å². The Hall–Kier alpha value is -3.24. The summed E-state index contributed by atoms with van der Waals surface area (Å²) in [6, 6.07) is 5.87. The molecule has 0 saturated heterocycles. The fraction of sp³-hybridized carbons (Fsp3) is 0.222. The molecule has 0 aliphatic rings. The van der Waals surface area contributed by atoms with Gasteiger partial charge in [-0.25, -0.2) is 4.79 Å². The zero-order valence-corrected chi connectivity index (χ0v) is 14.8. The van der Waals surface area contributed by atoms with E-state index in [1.807, 2.05) is 0 Å². The normalized spacial score (nSPS) is 12.4. The molecule has 2 aromatic carbocycles. The summed E-state index contributed by atoms with van der Waals surface area (Å²) >= 11 is 0. The van der Waals surface area contributed by atoms with Crippen molar-refractivity contribution in [2.45, 2.75) is 25.8 Å². The van der Waals surface area contributed by atoms with Crippen LogP contribution >= 0.6 is 0 Å². The van der Waals surface area contributed by atoms with Crippen LogP contribution in [-0.4, -0.2) is 14.3 Å². The van der Waals surface area contributed by atoms with E-state index < -0.39 is 34.9 Å². The van der Waals surface area contributed by atoms with Crippen molar-refractivity contribution >= 4 is 5.69 Å². The van der Waals surface area contributed by atoms with Crippen molar-refractivity contribution < 1.29 is 26.3 Å². The summed E-state index contributed by atoms with van der Waals surface area (Å²) in [5.41, 5.74) is 3.11. The van der Waals surface area contributed by atoms with E-state index in [0.717, 1.165) is 16.5 Å². The number of hydrogen-bond acceptors (Lipinski definition) is 3. The fourth-order valence-corrected chi connectivity index (χ4v) is 2.71. The Morgan fingerprint density at radius 3 is 2.07 bits per heavy atom. The van der Waals surface area contributed by atoms with Crippen LogP contribution in [0.3, 0.4) is 0 Å². The Balaban J connectivity index is 2.05. The van der Waals surface area contributed by atoms with E-state index in [9.17, 15) is 31.1 Å². The van der Waals surface area contributed by atoms with E-state index in [-0.39, 0.29) is 12.6 Å². The summed E-state index contributed by atoms with van der Waals surface area (Å²) in [5, 5.41) is 3.68. The Morgan fingerprint density at radius 2 is 1.55 bits per heavy atom. The minimum Gasteiger partial charge on any atom is -0.399 e. The molecule has 0 spiro atoms. The van der Waals surface area contributed by atoms with Crippen molar-refractivity contribution in [1.29, 1.82) is 0 Å². The third kappa shape index (κ3) is 4.28. The van der Waals surface area contributed by atoms with Gasteiger partial charge in [-0.05, 0) is 42.3 Å². The Kier molecular flexibility index (Phi) is 4.93. The van der Waals surface area contributed by atoms with Gasteiger partial charge in [-0.3, -0.25) is 4.57 Å². The highest BCUT2D eigenvalue weighted by atomic mass is 19.4. The monoisotopic (exact) mass is 416 g/mol. The summed E-state index contributed by atoms with van der Waals surface area (Å²) in [4.78, 5) is 12.5.